The number of sulfonamides is 1. The van der Waals surface area contributed by atoms with Gasteiger partial charge in [-0.1, -0.05) is 6.07 Å². The maximum absolute atomic E-state index is 13.2. The number of hydrogen-bond acceptors (Lipinski definition) is 6. The zero-order chi connectivity index (χ0) is 18.6. The standard InChI is InChI=1S/C16H19FN4O3S2/c17-12-3-1-5-14(9-12)26(23,24)20-11-15(22)19-10-13-4-2-7-21(13)16-18-6-8-25-16/h1,3,5-6,8-9,13,20H,2,4,7,10-11H2,(H,19,22)/t13-/m1/s1. The van der Waals surface area contributed by atoms with E-state index in [4.69, 9.17) is 0 Å². The Balaban J connectivity index is 1.50. The SMILES string of the molecule is O=C(CNS(=O)(=O)c1cccc(F)c1)NC[C@H]1CCCN1c1nccs1. The highest BCUT2D eigenvalue weighted by Gasteiger charge is 2.26. The van der Waals surface area contributed by atoms with Gasteiger partial charge in [0.1, 0.15) is 5.82 Å². The van der Waals surface area contributed by atoms with E-state index in [1.165, 1.54) is 12.1 Å². The molecule has 0 aliphatic carbocycles. The second-order valence-electron chi connectivity index (χ2n) is 5.89. The molecule has 26 heavy (non-hydrogen) atoms. The van der Waals surface area contributed by atoms with Gasteiger partial charge in [-0.2, -0.15) is 0 Å². The molecule has 0 unspecified atom stereocenters. The first-order chi connectivity index (χ1) is 12.5. The topological polar surface area (TPSA) is 91.4 Å². The Labute approximate surface area is 155 Å². The highest BCUT2D eigenvalue weighted by Crippen LogP contribution is 2.26. The molecule has 1 aromatic heterocycles. The van der Waals surface area contributed by atoms with Gasteiger partial charge in [0.15, 0.2) is 5.13 Å². The lowest BCUT2D eigenvalue weighted by atomic mass is 10.2. The Morgan fingerprint density at radius 3 is 3.00 bits per heavy atom. The van der Waals surface area contributed by atoms with Crippen molar-refractivity contribution >= 4 is 32.4 Å². The van der Waals surface area contributed by atoms with Gasteiger partial charge in [0.2, 0.25) is 15.9 Å². The molecule has 140 valence electrons. The number of rotatable bonds is 7. The highest BCUT2D eigenvalue weighted by molar-refractivity contribution is 7.89. The summed E-state index contributed by atoms with van der Waals surface area (Å²) in [4.78, 5) is 18.2. The van der Waals surface area contributed by atoms with Gasteiger partial charge in [-0.3, -0.25) is 4.79 Å². The van der Waals surface area contributed by atoms with Gasteiger partial charge < -0.3 is 10.2 Å². The number of thiazole rings is 1. The van der Waals surface area contributed by atoms with Gasteiger partial charge in [-0.05, 0) is 31.0 Å². The number of carbonyl (C=O) groups is 1. The van der Waals surface area contributed by atoms with Crippen molar-refractivity contribution in [1.82, 2.24) is 15.0 Å². The Kier molecular flexibility index (Phi) is 5.84. The maximum Gasteiger partial charge on any atom is 0.241 e. The van der Waals surface area contributed by atoms with Gasteiger partial charge in [-0.15, -0.1) is 11.3 Å². The molecule has 0 radical (unpaired) electrons. The Hall–Kier alpha value is -2.04. The lowest BCUT2D eigenvalue weighted by Gasteiger charge is -2.24. The van der Waals surface area contributed by atoms with E-state index in [0.717, 1.165) is 36.7 Å². The Bertz CT molecular complexity index is 858. The van der Waals surface area contributed by atoms with E-state index in [0.29, 0.717) is 6.54 Å². The van der Waals surface area contributed by atoms with E-state index < -0.39 is 28.3 Å². The van der Waals surface area contributed by atoms with Crippen LogP contribution in [0, 0.1) is 5.82 Å². The lowest BCUT2D eigenvalue weighted by Crippen LogP contribution is -2.43. The molecule has 0 saturated carbocycles. The van der Waals surface area contributed by atoms with Crippen LogP contribution in [0.1, 0.15) is 12.8 Å². The number of benzene rings is 1. The number of halogens is 1. The van der Waals surface area contributed by atoms with Crippen molar-refractivity contribution in [2.75, 3.05) is 24.5 Å². The van der Waals surface area contributed by atoms with Crippen LogP contribution in [0.3, 0.4) is 0 Å². The van der Waals surface area contributed by atoms with E-state index in [1.54, 1.807) is 17.5 Å². The van der Waals surface area contributed by atoms with Crippen molar-refractivity contribution in [3.8, 4) is 0 Å². The largest absolute Gasteiger partial charge is 0.353 e. The Morgan fingerprint density at radius 2 is 2.27 bits per heavy atom. The summed E-state index contributed by atoms with van der Waals surface area (Å²) in [5.41, 5.74) is 0. The summed E-state index contributed by atoms with van der Waals surface area (Å²) in [7, 11) is -3.93. The molecule has 2 heterocycles. The van der Waals surface area contributed by atoms with Crippen LogP contribution in [-0.2, 0) is 14.8 Å². The second-order valence-corrected chi connectivity index (χ2v) is 8.53. The van der Waals surface area contributed by atoms with Gasteiger partial charge in [0.05, 0.1) is 11.4 Å². The van der Waals surface area contributed by atoms with Crippen LogP contribution in [0.15, 0.2) is 40.7 Å². The van der Waals surface area contributed by atoms with Gasteiger partial charge in [0, 0.05) is 30.7 Å². The molecule has 7 nitrogen and oxygen atoms in total. The molecule has 1 atom stereocenters. The predicted molar refractivity (Wildman–Crippen MR) is 97.1 cm³/mol. The predicted octanol–water partition coefficient (Wildman–Crippen LogP) is 1.35. The molecule has 1 saturated heterocycles. The van der Waals surface area contributed by atoms with Crippen molar-refractivity contribution in [2.24, 2.45) is 0 Å². The van der Waals surface area contributed by atoms with Crippen molar-refractivity contribution in [3.05, 3.63) is 41.7 Å². The summed E-state index contributed by atoms with van der Waals surface area (Å²) >= 11 is 1.55. The smallest absolute Gasteiger partial charge is 0.241 e. The molecule has 1 amide bonds. The third-order valence-electron chi connectivity index (χ3n) is 4.11. The molecule has 1 aromatic carbocycles. The van der Waals surface area contributed by atoms with E-state index in [9.17, 15) is 17.6 Å². The maximum atomic E-state index is 13.2. The zero-order valence-corrected chi connectivity index (χ0v) is 15.5. The number of nitrogens with one attached hydrogen (secondary N) is 2. The molecular formula is C16H19FN4O3S2. The highest BCUT2D eigenvalue weighted by atomic mass is 32.2. The first kappa shape index (κ1) is 18.7. The number of carbonyl (C=O) groups excluding carboxylic acids is 1. The first-order valence-corrected chi connectivity index (χ1v) is 10.5. The van der Waals surface area contributed by atoms with E-state index in [-0.39, 0.29) is 10.9 Å². The molecule has 10 heteroatoms. The quantitative estimate of drug-likeness (QED) is 0.735. The average molecular weight is 398 g/mol. The molecule has 1 aliphatic rings. The lowest BCUT2D eigenvalue weighted by molar-refractivity contribution is -0.120. The minimum atomic E-state index is -3.93. The van der Waals surface area contributed by atoms with Crippen LogP contribution in [0.2, 0.25) is 0 Å². The molecule has 1 aliphatic heterocycles. The summed E-state index contributed by atoms with van der Waals surface area (Å²) in [6.07, 6.45) is 3.70. The summed E-state index contributed by atoms with van der Waals surface area (Å²) in [5, 5.41) is 5.58. The Morgan fingerprint density at radius 1 is 1.42 bits per heavy atom. The minimum absolute atomic E-state index is 0.143. The zero-order valence-electron chi connectivity index (χ0n) is 13.9. The molecular weight excluding hydrogens is 379 g/mol. The summed E-state index contributed by atoms with van der Waals surface area (Å²) in [6, 6.07) is 4.78. The van der Waals surface area contributed by atoms with Crippen molar-refractivity contribution in [3.63, 3.8) is 0 Å². The van der Waals surface area contributed by atoms with Crippen molar-refractivity contribution < 1.29 is 17.6 Å². The number of nitrogens with zero attached hydrogens (tertiary/aromatic N) is 2. The monoisotopic (exact) mass is 398 g/mol. The van der Waals surface area contributed by atoms with E-state index >= 15 is 0 Å². The van der Waals surface area contributed by atoms with Crippen LogP contribution < -0.4 is 14.9 Å². The summed E-state index contributed by atoms with van der Waals surface area (Å²) in [5.74, 6) is -1.09. The molecule has 0 bridgehead atoms. The summed E-state index contributed by atoms with van der Waals surface area (Å²) in [6.45, 7) is 0.906. The van der Waals surface area contributed by atoms with Gasteiger partial charge in [0.25, 0.3) is 0 Å². The van der Waals surface area contributed by atoms with Crippen molar-refractivity contribution in [1.29, 1.82) is 0 Å². The molecule has 1 fully saturated rings. The van der Waals surface area contributed by atoms with Crippen LogP contribution in [-0.4, -0.2) is 45.0 Å². The normalized spacial score (nSPS) is 17.4. The van der Waals surface area contributed by atoms with Crippen LogP contribution in [0.5, 0.6) is 0 Å². The molecule has 3 rings (SSSR count). The van der Waals surface area contributed by atoms with Crippen LogP contribution >= 0.6 is 11.3 Å². The minimum Gasteiger partial charge on any atom is -0.353 e. The second kappa shape index (κ2) is 8.11. The molecule has 2 N–H and O–H groups in total. The molecule has 0 spiro atoms. The number of amides is 1. The van der Waals surface area contributed by atoms with E-state index in [1.807, 2.05) is 5.38 Å². The van der Waals surface area contributed by atoms with Crippen LogP contribution in [0.4, 0.5) is 9.52 Å². The number of anilines is 1. The average Bonchev–Trinajstić information content (AvgIpc) is 3.29. The first-order valence-electron chi connectivity index (χ1n) is 8.14. The van der Waals surface area contributed by atoms with E-state index in [2.05, 4.69) is 19.9 Å². The fraction of sp³-hybridized carbons (Fsp3) is 0.375. The van der Waals surface area contributed by atoms with Gasteiger partial charge >= 0.3 is 0 Å². The van der Waals surface area contributed by atoms with Crippen molar-refractivity contribution in [2.45, 2.75) is 23.8 Å². The van der Waals surface area contributed by atoms with Crippen LogP contribution in [0.25, 0.3) is 0 Å². The third-order valence-corrected chi connectivity index (χ3v) is 6.31. The molecule has 2 aromatic rings. The fourth-order valence-electron chi connectivity index (χ4n) is 2.83. The number of aromatic nitrogens is 1. The number of hydrogen-bond donors (Lipinski definition) is 2. The summed E-state index contributed by atoms with van der Waals surface area (Å²) < 4.78 is 39.5. The fourth-order valence-corrected chi connectivity index (χ4v) is 4.58. The van der Waals surface area contributed by atoms with Gasteiger partial charge in [-0.25, -0.2) is 22.5 Å². The third kappa shape index (κ3) is 4.57.